The number of fused-ring (bicyclic) bond motifs is 1. The summed E-state index contributed by atoms with van der Waals surface area (Å²) in [6, 6.07) is 18.5. The Morgan fingerprint density at radius 1 is 0.812 bits per heavy atom. The first kappa shape index (κ1) is 20.9. The Kier molecular flexibility index (Phi) is 5.76. The van der Waals surface area contributed by atoms with Gasteiger partial charge in [-0.2, -0.15) is 0 Å². The van der Waals surface area contributed by atoms with Gasteiger partial charge in [0.15, 0.2) is 0 Å². The minimum absolute atomic E-state index is 0.0553. The van der Waals surface area contributed by atoms with Crippen LogP contribution in [0.15, 0.2) is 72.8 Å². The third kappa shape index (κ3) is 4.39. The Hall–Kier alpha value is -4.33. The van der Waals surface area contributed by atoms with Crippen LogP contribution in [0, 0.1) is 5.82 Å². The molecule has 0 aromatic heterocycles. The van der Waals surface area contributed by atoms with E-state index < -0.39 is 29.4 Å². The van der Waals surface area contributed by atoms with Gasteiger partial charge in [0.1, 0.15) is 5.82 Å². The van der Waals surface area contributed by atoms with E-state index in [1.165, 1.54) is 24.3 Å². The number of carbonyl (C=O) groups is 4. The molecule has 7 nitrogen and oxygen atoms in total. The number of carbonyl (C=O) groups excluding carboxylic acids is 4. The van der Waals surface area contributed by atoms with Crippen LogP contribution in [0.5, 0.6) is 0 Å². The highest BCUT2D eigenvalue weighted by Crippen LogP contribution is 2.29. The van der Waals surface area contributed by atoms with Crippen molar-refractivity contribution in [2.45, 2.75) is 6.42 Å². The summed E-state index contributed by atoms with van der Waals surface area (Å²) in [6.07, 6.45) is -0.0553. The molecule has 1 heterocycles. The van der Waals surface area contributed by atoms with Crippen molar-refractivity contribution in [2.24, 2.45) is 0 Å². The number of hydrogen-bond donors (Lipinski definition) is 2. The quantitative estimate of drug-likeness (QED) is 0.587. The lowest BCUT2D eigenvalue weighted by Gasteiger charge is -2.15. The average Bonchev–Trinajstić information content (AvgIpc) is 3.03. The van der Waals surface area contributed by atoms with Crippen LogP contribution in [0.4, 0.5) is 15.8 Å². The van der Waals surface area contributed by atoms with Crippen LogP contribution in [-0.2, 0) is 16.0 Å². The maximum Gasteiger partial charge on any atom is 0.266 e. The van der Waals surface area contributed by atoms with Crippen LogP contribution in [0.1, 0.15) is 26.3 Å². The van der Waals surface area contributed by atoms with Gasteiger partial charge in [-0.25, -0.2) is 9.29 Å². The monoisotopic (exact) mass is 431 g/mol. The highest BCUT2D eigenvalue weighted by molar-refractivity contribution is 6.34. The summed E-state index contributed by atoms with van der Waals surface area (Å²) < 4.78 is 13.2. The van der Waals surface area contributed by atoms with Gasteiger partial charge in [0.2, 0.25) is 11.8 Å². The number of rotatable bonds is 6. The van der Waals surface area contributed by atoms with Crippen LogP contribution in [0.25, 0.3) is 0 Å². The summed E-state index contributed by atoms with van der Waals surface area (Å²) >= 11 is 0. The smallest absolute Gasteiger partial charge is 0.266 e. The van der Waals surface area contributed by atoms with Gasteiger partial charge >= 0.3 is 0 Å². The van der Waals surface area contributed by atoms with E-state index in [-0.39, 0.29) is 13.0 Å². The average molecular weight is 431 g/mol. The molecule has 0 saturated carbocycles. The molecular formula is C24H18FN3O4. The molecule has 32 heavy (non-hydrogen) atoms. The summed E-state index contributed by atoms with van der Waals surface area (Å²) in [5.41, 5.74) is 1.84. The van der Waals surface area contributed by atoms with Crippen molar-refractivity contribution in [3.8, 4) is 0 Å². The number of benzene rings is 3. The first-order valence-electron chi connectivity index (χ1n) is 9.81. The van der Waals surface area contributed by atoms with Crippen molar-refractivity contribution in [1.82, 2.24) is 5.32 Å². The topological polar surface area (TPSA) is 95.6 Å². The van der Waals surface area contributed by atoms with Gasteiger partial charge in [-0.1, -0.05) is 30.3 Å². The zero-order valence-corrected chi connectivity index (χ0v) is 16.8. The lowest BCUT2D eigenvalue weighted by molar-refractivity contribution is -0.123. The second-order valence-corrected chi connectivity index (χ2v) is 7.17. The summed E-state index contributed by atoms with van der Waals surface area (Å²) in [4.78, 5) is 50.6. The van der Waals surface area contributed by atoms with Crippen LogP contribution in [-0.4, -0.2) is 30.2 Å². The summed E-state index contributed by atoms with van der Waals surface area (Å²) in [5, 5.41) is 5.10. The third-order valence-electron chi connectivity index (χ3n) is 4.88. The first-order valence-corrected chi connectivity index (χ1v) is 9.81. The fourth-order valence-corrected chi connectivity index (χ4v) is 3.43. The standard InChI is InChI=1S/C24H18FN3O4/c25-16-6-3-5-15(11-16)12-21(29)26-14-22(30)27-17-7-4-8-18(13-17)28-23(31)19-9-1-2-10-20(19)24(28)32/h1-11,13H,12,14H2,(H,26,29)(H,27,30). The molecule has 0 spiro atoms. The molecule has 1 aliphatic rings. The number of amides is 4. The number of hydrogen-bond acceptors (Lipinski definition) is 4. The minimum atomic E-state index is -0.489. The Balaban J connectivity index is 1.37. The van der Waals surface area contributed by atoms with E-state index >= 15 is 0 Å². The molecule has 3 aromatic carbocycles. The van der Waals surface area contributed by atoms with Crippen molar-refractivity contribution < 1.29 is 23.6 Å². The first-order chi connectivity index (χ1) is 15.4. The molecule has 1 aliphatic heterocycles. The second-order valence-electron chi connectivity index (χ2n) is 7.17. The molecule has 3 aromatic rings. The molecule has 2 N–H and O–H groups in total. The fourth-order valence-electron chi connectivity index (χ4n) is 3.43. The van der Waals surface area contributed by atoms with Crippen molar-refractivity contribution in [1.29, 1.82) is 0 Å². The van der Waals surface area contributed by atoms with E-state index in [9.17, 15) is 23.6 Å². The van der Waals surface area contributed by atoms with E-state index in [2.05, 4.69) is 10.6 Å². The van der Waals surface area contributed by atoms with Crippen molar-refractivity contribution in [3.63, 3.8) is 0 Å². The Labute approximate surface area is 182 Å². The number of anilines is 2. The van der Waals surface area contributed by atoms with Gasteiger partial charge in [0.05, 0.1) is 29.8 Å². The summed E-state index contributed by atoms with van der Waals surface area (Å²) in [6.45, 7) is -0.286. The van der Waals surface area contributed by atoms with E-state index in [1.54, 1.807) is 48.5 Å². The Morgan fingerprint density at radius 2 is 1.50 bits per heavy atom. The zero-order chi connectivity index (χ0) is 22.7. The van der Waals surface area contributed by atoms with E-state index in [1.807, 2.05) is 0 Å². The van der Waals surface area contributed by atoms with E-state index in [4.69, 9.17) is 0 Å². The Morgan fingerprint density at radius 3 is 2.19 bits per heavy atom. The molecule has 4 amide bonds. The van der Waals surface area contributed by atoms with Gasteiger partial charge in [-0.3, -0.25) is 19.2 Å². The van der Waals surface area contributed by atoms with Crippen molar-refractivity contribution in [3.05, 3.63) is 95.3 Å². The van der Waals surface area contributed by atoms with E-state index in [0.29, 0.717) is 28.1 Å². The molecule has 0 saturated heterocycles. The molecule has 0 atom stereocenters. The van der Waals surface area contributed by atoms with Gasteiger partial charge in [-0.05, 0) is 48.0 Å². The highest BCUT2D eigenvalue weighted by Gasteiger charge is 2.36. The molecular weight excluding hydrogens is 413 g/mol. The molecule has 0 radical (unpaired) electrons. The van der Waals surface area contributed by atoms with Gasteiger partial charge < -0.3 is 10.6 Å². The lowest BCUT2D eigenvalue weighted by atomic mass is 10.1. The predicted molar refractivity (Wildman–Crippen MR) is 116 cm³/mol. The SMILES string of the molecule is O=C(Cc1cccc(F)c1)NCC(=O)Nc1cccc(N2C(=O)c3ccccc3C2=O)c1. The molecule has 160 valence electrons. The summed E-state index contributed by atoms with van der Waals surface area (Å²) in [5.74, 6) is -2.22. The van der Waals surface area contributed by atoms with Crippen molar-refractivity contribution in [2.75, 3.05) is 16.8 Å². The molecule has 0 unspecified atom stereocenters. The van der Waals surface area contributed by atoms with E-state index in [0.717, 1.165) is 4.90 Å². The Bertz CT molecular complexity index is 1210. The highest BCUT2D eigenvalue weighted by atomic mass is 19.1. The fraction of sp³-hybridized carbons (Fsp3) is 0.0833. The van der Waals surface area contributed by atoms with Crippen LogP contribution < -0.4 is 15.5 Å². The molecule has 0 fully saturated rings. The van der Waals surface area contributed by atoms with Gasteiger partial charge in [0, 0.05) is 5.69 Å². The van der Waals surface area contributed by atoms with Crippen LogP contribution in [0.2, 0.25) is 0 Å². The zero-order valence-electron chi connectivity index (χ0n) is 16.8. The second kappa shape index (κ2) is 8.81. The molecule has 4 rings (SSSR count). The molecule has 0 bridgehead atoms. The predicted octanol–water partition coefficient (Wildman–Crippen LogP) is 2.92. The van der Waals surface area contributed by atoms with Crippen LogP contribution in [0.3, 0.4) is 0 Å². The summed E-state index contributed by atoms with van der Waals surface area (Å²) in [7, 11) is 0. The minimum Gasteiger partial charge on any atom is -0.347 e. The molecule has 8 heteroatoms. The number of nitrogens with one attached hydrogen (secondary N) is 2. The molecule has 0 aliphatic carbocycles. The maximum atomic E-state index is 13.2. The van der Waals surface area contributed by atoms with Gasteiger partial charge in [0.25, 0.3) is 11.8 Å². The number of imide groups is 1. The van der Waals surface area contributed by atoms with Crippen LogP contribution >= 0.6 is 0 Å². The number of halogens is 1. The normalized spacial score (nSPS) is 12.5. The van der Waals surface area contributed by atoms with Crippen molar-refractivity contribution >= 4 is 35.0 Å². The lowest BCUT2D eigenvalue weighted by Crippen LogP contribution is -2.34. The number of nitrogens with zero attached hydrogens (tertiary/aromatic N) is 1. The largest absolute Gasteiger partial charge is 0.347 e. The maximum absolute atomic E-state index is 13.2. The van der Waals surface area contributed by atoms with Gasteiger partial charge in [-0.15, -0.1) is 0 Å². The third-order valence-corrected chi connectivity index (χ3v) is 4.88.